The predicted molar refractivity (Wildman–Crippen MR) is 77.5 cm³/mol. The zero-order valence-corrected chi connectivity index (χ0v) is 11.6. The van der Waals surface area contributed by atoms with Crippen LogP contribution in [0.25, 0.3) is 11.3 Å². The van der Waals surface area contributed by atoms with Gasteiger partial charge in [0.25, 0.3) is 0 Å². The lowest BCUT2D eigenvalue weighted by Gasteiger charge is -2.12. The van der Waals surface area contributed by atoms with Gasteiger partial charge in [-0.15, -0.1) is 0 Å². The van der Waals surface area contributed by atoms with Gasteiger partial charge in [0.05, 0.1) is 12.3 Å². The largest absolute Gasteiger partial charge is 0.493 e. The van der Waals surface area contributed by atoms with Gasteiger partial charge in [0.15, 0.2) is 0 Å². The molecule has 2 rings (SSSR count). The maximum atomic E-state index is 5.79. The van der Waals surface area contributed by atoms with Crippen molar-refractivity contribution < 1.29 is 4.74 Å². The van der Waals surface area contributed by atoms with E-state index >= 15 is 0 Å². The van der Waals surface area contributed by atoms with Crippen LogP contribution in [-0.2, 0) is 0 Å². The highest BCUT2D eigenvalue weighted by atomic mass is 16.5. The van der Waals surface area contributed by atoms with E-state index in [-0.39, 0.29) is 0 Å². The van der Waals surface area contributed by atoms with Gasteiger partial charge in [-0.05, 0) is 31.0 Å². The Morgan fingerprint density at radius 1 is 1.26 bits per heavy atom. The van der Waals surface area contributed by atoms with E-state index in [1.807, 2.05) is 44.4 Å². The zero-order valence-electron chi connectivity index (χ0n) is 11.6. The molecule has 1 aromatic carbocycles. The van der Waals surface area contributed by atoms with Crippen molar-refractivity contribution in [1.29, 1.82) is 0 Å². The van der Waals surface area contributed by atoms with Crippen molar-refractivity contribution in [3.63, 3.8) is 0 Å². The molecule has 4 heteroatoms. The number of rotatable bonds is 5. The van der Waals surface area contributed by atoms with Crippen molar-refractivity contribution in [1.82, 2.24) is 9.97 Å². The lowest BCUT2D eigenvalue weighted by Crippen LogP contribution is -2.01. The fourth-order valence-corrected chi connectivity index (χ4v) is 1.84. The van der Waals surface area contributed by atoms with Crippen LogP contribution in [0.4, 0.5) is 5.95 Å². The SMILES string of the molecule is CCCOc1ccccc1-c1nc(NC)ncc1C. The first-order chi connectivity index (χ1) is 9.26. The monoisotopic (exact) mass is 257 g/mol. The minimum Gasteiger partial charge on any atom is -0.493 e. The molecule has 0 saturated heterocycles. The number of nitrogens with one attached hydrogen (secondary N) is 1. The molecule has 0 spiro atoms. The Labute approximate surface area is 113 Å². The van der Waals surface area contributed by atoms with Gasteiger partial charge >= 0.3 is 0 Å². The number of nitrogens with zero attached hydrogens (tertiary/aromatic N) is 2. The Balaban J connectivity index is 2.45. The van der Waals surface area contributed by atoms with Crippen molar-refractivity contribution in [2.24, 2.45) is 0 Å². The molecule has 0 aliphatic carbocycles. The van der Waals surface area contributed by atoms with Crippen LogP contribution in [0.1, 0.15) is 18.9 Å². The minimum absolute atomic E-state index is 0.617. The van der Waals surface area contributed by atoms with E-state index in [1.54, 1.807) is 0 Å². The number of aromatic nitrogens is 2. The number of anilines is 1. The third-order valence-corrected chi connectivity index (χ3v) is 2.80. The molecule has 0 amide bonds. The van der Waals surface area contributed by atoms with E-state index in [0.29, 0.717) is 12.6 Å². The van der Waals surface area contributed by atoms with Gasteiger partial charge < -0.3 is 10.1 Å². The lowest BCUT2D eigenvalue weighted by atomic mass is 10.1. The fraction of sp³-hybridized carbons (Fsp3) is 0.333. The fourth-order valence-electron chi connectivity index (χ4n) is 1.84. The third kappa shape index (κ3) is 3.02. The zero-order chi connectivity index (χ0) is 13.7. The Kier molecular flexibility index (Phi) is 4.34. The summed E-state index contributed by atoms with van der Waals surface area (Å²) in [6.07, 6.45) is 2.81. The van der Waals surface area contributed by atoms with Crippen LogP contribution in [0.3, 0.4) is 0 Å². The highest BCUT2D eigenvalue weighted by Crippen LogP contribution is 2.30. The topological polar surface area (TPSA) is 47.0 Å². The van der Waals surface area contributed by atoms with Gasteiger partial charge in [0, 0.05) is 18.8 Å². The van der Waals surface area contributed by atoms with E-state index < -0.39 is 0 Å². The van der Waals surface area contributed by atoms with Gasteiger partial charge in [-0.3, -0.25) is 0 Å². The Morgan fingerprint density at radius 2 is 2.05 bits per heavy atom. The summed E-state index contributed by atoms with van der Waals surface area (Å²) in [6, 6.07) is 7.98. The average Bonchev–Trinajstić information content (AvgIpc) is 2.46. The van der Waals surface area contributed by atoms with Gasteiger partial charge in [-0.1, -0.05) is 19.1 Å². The summed E-state index contributed by atoms with van der Waals surface area (Å²) in [5.74, 6) is 1.49. The van der Waals surface area contributed by atoms with Crippen LogP contribution in [0.15, 0.2) is 30.5 Å². The van der Waals surface area contributed by atoms with Crippen molar-refractivity contribution in [2.75, 3.05) is 19.0 Å². The van der Waals surface area contributed by atoms with E-state index in [9.17, 15) is 0 Å². The second-order valence-electron chi connectivity index (χ2n) is 4.32. The summed E-state index contributed by atoms with van der Waals surface area (Å²) in [5, 5.41) is 2.96. The first-order valence-electron chi connectivity index (χ1n) is 6.49. The summed E-state index contributed by atoms with van der Waals surface area (Å²) in [4.78, 5) is 8.74. The summed E-state index contributed by atoms with van der Waals surface area (Å²) in [6.45, 7) is 4.81. The summed E-state index contributed by atoms with van der Waals surface area (Å²) in [5.41, 5.74) is 2.95. The molecule has 1 N–H and O–H groups in total. The number of hydrogen-bond donors (Lipinski definition) is 1. The van der Waals surface area contributed by atoms with Gasteiger partial charge in [-0.2, -0.15) is 0 Å². The molecule has 1 aromatic heterocycles. The molecule has 2 aromatic rings. The number of benzene rings is 1. The van der Waals surface area contributed by atoms with E-state index in [2.05, 4.69) is 22.2 Å². The first kappa shape index (κ1) is 13.3. The molecule has 19 heavy (non-hydrogen) atoms. The minimum atomic E-state index is 0.617. The number of ether oxygens (including phenoxy) is 1. The summed E-state index contributed by atoms with van der Waals surface area (Å²) in [7, 11) is 1.81. The van der Waals surface area contributed by atoms with Crippen molar-refractivity contribution in [3.8, 4) is 17.0 Å². The normalized spacial score (nSPS) is 10.3. The predicted octanol–water partition coefficient (Wildman–Crippen LogP) is 3.28. The Hall–Kier alpha value is -2.10. The molecule has 0 saturated carbocycles. The maximum absolute atomic E-state index is 5.79. The summed E-state index contributed by atoms with van der Waals surface area (Å²) >= 11 is 0. The molecule has 0 radical (unpaired) electrons. The van der Waals surface area contributed by atoms with Crippen LogP contribution in [0.2, 0.25) is 0 Å². The van der Waals surface area contributed by atoms with Crippen LogP contribution in [0, 0.1) is 6.92 Å². The molecule has 0 aliphatic heterocycles. The van der Waals surface area contributed by atoms with E-state index in [1.165, 1.54) is 0 Å². The van der Waals surface area contributed by atoms with Crippen molar-refractivity contribution >= 4 is 5.95 Å². The summed E-state index contributed by atoms with van der Waals surface area (Å²) < 4.78 is 5.79. The quantitative estimate of drug-likeness (QED) is 0.893. The molecule has 0 atom stereocenters. The molecule has 0 unspecified atom stereocenters. The Morgan fingerprint density at radius 3 is 2.79 bits per heavy atom. The molecule has 0 bridgehead atoms. The van der Waals surface area contributed by atoms with Crippen LogP contribution in [-0.4, -0.2) is 23.6 Å². The second-order valence-corrected chi connectivity index (χ2v) is 4.32. The maximum Gasteiger partial charge on any atom is 0.222 e. The average molecular weight is 257 g/mol. The van der Waals surface area contributed by atoms with Crippen LogP contribution < -0.4 is 10.1 Å². The number of aryl methyl sites for hydroxylation is 1. The number of para-hydroxylation sites is 1. The van der Waals surface area contributed by atoms with Crippen molar-refractivity contribution in [2.45, 2.75) is 20.3 Å². The van der Waals surface area contributed by atoms with Crippen LogP contribution in [0.5, 0.6) is 5.75 Å². The molecular weight excluding hydrogens is 238 g/mol. The van der Waals surface area contributed by atoms with E-state index in [4.69, 9.17) is 4.74 Å². The Bertz CT molecular complexity index is 555. The highest BCUT2D eigenvalue weighted by Gasteiger charge is 2.11. The van der Waals surface area contributed by atoms with Crippen LogP contribution >= 0.6 is 0 Å². The lowest BCUT2D eigenvalue weighted by molar-refractivity contribution is 0.318. The smallest absolute Gasteiger partial charge is 0.222 e. The highest BCUT2D eigenvalue weighted by molar-refractivity contribution is 5.70. The molecule has 100 valence electrons. The molecule has 4 nitrogen and oxygen atoms in total. The molecule has 0 fully saturated rings. The van der Waals surface area contributed by atoms with Gasteiger partial charge in [0.1, 0.15) is 5.75 Å². The standard InChI is InChI=1S/C15H19N3O/c1-4-9-19-13-8-6-5-7-12(13)14-11(2)10-17-15(16-3)18-14/h5-8,10H,4,9H2,1-3H3,(H,16,17,18). The van der Waals surface area contributed by atoms with Gasteiger partial charge in [0.2, 0.25) is 5.95 Å². The van der Waals surface area contributed by atoms with Gasteiger partial charge in [-0.25, -0.2) is 9.97 Å². The number of hydrogen-bond acceptors (Lipinski definition) is 4. The molecule has 0 aliphatic rings. The van der Waals surface area contributed by atoms with Crippen molar-refractivity contribution in [3.05, 3.63) is 36.0 Å². The molecule has 1 heterocycles. The third-order valence-electron chi connectivity index (χ3n) is 2.80. The molecular formula is C15H19N3O. The van der Waals surface area contributed by atoms with E-state index in [0.717, 1.165) is 29.0 Å². The first-order valence-corrected chi connectivity index (χ1v) is 6.49. The second kappa shape index (κ2) is 6.18.